The van der Waals surface area contributed by atoms with Gasteiger partial charge in [0, 0.05) is 16.5 Å². The largest absolute Gasteiger partial charge is 0.352 e. The Balaban J connectivity index is 1.63. The fourth-order valence-electron chi connectivity index (χ4n) is 3.53. The molecule has 122 valence electrons. The van der Waals surface area contributed by atoms with Crippen LogP contribution in [0.4, 0.5) is 4.79 Å². The Kier molecular flexibility index (Phi) is 3.23. The van der Waals surface area contributed by atoms with Crippen LogP contribution in [0.25, 0.3) is 0 Å². The lowest BCUT2D eigenvalue weighted by Gasteiger charge is -2.31. The van der Waals surface area contributed by atoms with E-state index >= 15 is 0 Å². The first-order valence-corrected chi connectivity index (χ1v) is 8.94. The second kappa shape index (κ2) is 5.06. The van der Waals surface area contributed by atoms with E-state index in [9.17, 15) is 14.4 Å². The molecule has 4 rings (SSSR count). The van der Waals surface area contributed by atoms with Gasteiger partial charge in [-0.1, -0.05) is 0 Å². The van der Waals surface area contributed by atoms with E-state index in [1.807, 2.05) is 11.4 Å². The van der Waals surface area contributed by atoms with Crippen molar-refractivity contribution in [2.45, 2.75) is 56.7 Å². The molecular weight excluding hydrogens is 314 g/mol. The average molecular weight is 333 g/mol. The van der Waals surface area contributed by atoms with Gasteiger partial charge in [0.25, 0.3) is 5.91 Å². The second-order valence-corrected chi connectivity index (χ2v) is 7.58. The van der Waals surface area contributed by atoms with Crippen molar-refractivity contribution in [3.63, 3.8) is 0 Å². The summed E-state index contributed by atoms with van der Waals surface area (Å²) in [6.45, 7) is 1.62. The van der Waals surface area contributed by atoms with Crippen molar-refractivity contribution in [2.75, 3.05) is 0 Å². The SMILES string of the molecule is C[C@@H](C(=O)NC1CC1)N1C(=O)N[C@]2(CCCc3sccc32)C1=O. The van der Waals surface area contributed by atoms with Crippen molar-refractivity contribution < 1.29 is 14.4 Å². The Bertz CT molecular complexity index is 696. The second-order valence-electron chi connectivity index (χ2n) is 6.58. The third-order valence-electron chi connectivity index (χ3n) is 4.97. The van der Waals surface area contributed by atoms with Crippen LogP contribution in [0.2, 0.25) is 0 Å². The highest BCUT2D eigenvalue weighted by Crippen LogP contribution is 2.42. The van der Waals surface area contributed by atoms with Crippen LogP contribution in [-0.4, -0.2) is 34.8 Å². The molecule has 4 amide bonds. The Labute approximate surface area is 138 Å². The van der Waals surface area contributed by atoms with Crippen LogP contribution in [0, 0.1) is 0 Å². The third-order valence-corrected chi connectivity index (χ3v) is 5.96. The van der Waals surface area contributed by atoms with Gasteiger partial charge in [0.1, 0.15) is 11.6 Å². The van der Waals surface area contributed by atoms with Crippen LogP contribution >= 0.6 is 11.3 Å². The van der Waals surface area contributed by atoms with Gasteiger partial charge in [-0.25, -0.2) is 9.69 Å². The van der Waals surface area contributed by atoms with Gasteiger partial charge < -0.3 is 10.6 Å². The molecule has 1 spiro atoms. The number of hydrogen-bond acceptors (Lipinski definition) is 4. The first-order chi connectivity index (χ1) is 11.0. The molecule has 0 aromatic carbocycles. The summed E-state index contributed by atoms with van der Waals surface area (Å²) in [6.07, 6.45) is 4.34. The van der Waals surface area contributed by atoms with Gasteiger partial charge in [-0.15, -0.1) is 11.3 Å². The highest BCUT2D eigenvalue weighted by molar-refractivity contribution is 7.10. The molecule has 3 aliphatic rings. The van der Waals surface area contributed by atoms with Crippen LogP contribution in [0.1, 0.15) is 43.0 Å². The van der Waals surface area contributed by atoms with Crippen LogP contribution in [0.3, 0.4) is 0 Å². The highest BCUT2D eigenvalue weighted by Gasteiger charge is 2.56. The maximum atomic E-state index is 13.1. The van der Waals surface area contributed by atoms with E-state index in [4.69, 9.17) is 0 Å². The lowest BCUT2D eigenvalue weighted by Crippen LogP contribution is -2.50. The molecule has 0 bridgehead atoms. The number of carbonyl (C=O) groups is 3. The predicted octanol–water partition coefficient (Wildman–Crippen LogP) is 1.50. The number of carbonyl (C=O) groups excluding carboxylic acids is 3. The average Bonchev–Trinajstić information content (AvgIpc) is 3.12. The maximum absolute atomic E-state index is 13.1. The number of nitrogens with one attached hydrogen (secondary N) is 2. The molecule has 2 heterocycles. The Morgan fingerprint density at radius 1 is 1.48 bits per heavy atom. The summed E-state index contributed by atoms with van der Waals surface area (Å²) < 4.78 is 0. The molecule has 1 saturated heterocycles. The van der Waals surface area contributed by atoms with Crippen LogP contribution < -0.4 is 10.6 Å². The Morgan fingerprint density at radius 2 is 2.26 bits per heavy atom. The summed E-state index contributed by atoms with van der Waals surface area (Å²) in [5, 5.41) is 7.71. The third kappa shape index (κ3) is 2.17. The van der Waals surface area contributed by atoms with Gasteiger partial charge in [-0.05, 0) is 50.5 Å². The zero-order valence-corrected chi connectivity index (χ0v) is 13.7. The fourth-order valence-corrected chi connectivity index (χ4v) is 4.53. The standard InChI is InChI=1S/C16H19N3O3S/c1-9(13(20)17-10-4-5-10)19-14(21)16(18-15(19)22)7-2-3-12-11(16)6-8-23-12/h6,8-10H,2-5,7H2,1H3,(H,17,20)(H,18,22)/t9-,16-/m0/s1. The highest BCUT2D eigenvalue weighted by atomic mass is 32.1. The summed E-state index contributed by atoms with van der Waals surface area (Å²) in [7, 11) is 0. The summed E-state index contributed by atoms with van der Waals surface area (Å²) in [5.74, 6) is -0.547. The van der Waals surface area contributed by atoms with Gasteiger partial charge in [0.2, 0.25) is 5.91 Å². The zero-order valence-electron chi connectivity index (χ0n) is 12.9. The number of aryl methyl sites for hydroxylation is 1. The van der Waals surface area contributed by atoms with Crippen molar-refractivity contribution in [1.82, 2.24) is 15.5 Å². The molecule has 2 atom stereocenters. The molecule has 0 unspecified atom stereocenters. The fraction of sp³-hybridized carbons (Fsp3) is 0.562. The van der Waals surface area contributed by atoms with E-state index in [-0.39, 0.29) is 17.9 Å². The molecule has 6 nitrogen and oxygen atoms in total. The molecule has 23 heavy (non-hydrogen) atoms. The monoisotopic (exact) mass is 333 g/mol. The van der Waals surface area contributed by atoms with Crippen LogP contribution in [0.15, 0.2) is 11.4 Å². The molecule has 1 saturated carbocycles. The van der Waals surface area contributed by atoms with Crippen LogP contribution in [-0.2, 0) is 21.5 Å². The molecule has 1 aromatic rings. The van der Waals surface area contributed by atoms with Crippen molar-refractivity contribution >= 4 is 29.2 Å². The maximum Gasteiger partial charge on any atom is 0.326 e. The molecule has 1 aromatic heterocycles. The molecular formula is C16H19N3O3S. The van der Waals surface area contributed by atoms with E-state index in [1.54, 1.807) is 18.3 Å². The number of imide groups is 1. The Hall–Kier alpha value is -1.89. The molecule has 2 N–H and O–H groups in total. The summed E-state index contributed by atoms with van der Waals surface area (Å²) in [4.78, 5) is 40.0. The summed E-state index contributed by atoms with van der Waals surface area (Å²) in [5.41, 5.74) is -0.0666. The van der Waals surface area contributed by atoms with Crippen molar-refractivity contribution in [3.05, 3.63) is 21.9 Å². The number of nitrogens with zero attached hydrogens (tertiary/aromatic N) is 1. The number of rotatable bonds is 3. The number of hydrogen-bond donors (Lipinski definition) is 2. The van der Waals surface area contributed by atoms with Gasteiger partial charge in [0.15, 0.2) is 0 Å². The lowest BCUT2D eigenvalue weighted by atomic mass is 9.80. The smallest absolute Gasteiger partial charge is 0.326 e. The molecule has 7 heteroatoms. The van der Waals surface area contributed by atoms with Crippen LogP contribution in [0.5, 0.6) is 0 Å². The van der Waals surface area contributed by atoms with Gasteiger partial charge in [0.05, 0.1) is 0 Å². The summed E-state index contributed by atoms with van der Waals surface area (Å²) in [6, 6.07) is 0.882. The minimum atomic E-state index is -0.973. The lowest BCUT2D eigenvalue weighted by molar-refractivity contribution is -0.138. The zero-order chi connectivity index (χ0) is 16.2. The van der Waals surface area contributed by atoms with Gasteiger partial charge in [-0.2, -0.15) is 0 Å². The first kappa shape index (κ1) is 14.7. The molecule has 2 fully saturated rings. The Morgan fingerprint density at radius 3 is 3.00 bits per heavy atom. The normalized spacial score (nSPS) is 27.8. The number of fused-ring (bicyclic) bond motifs is 2. The van der Waals surface area contributed by atoms with Crippen molar-refractivity contribution in [2.24, 2.45) is 0 Å². The van der Waals surface area contributed by atoms with E-state index in [1.165, 1.54) is 0 Å². The summed E-state index contributed by atoms with van der Waals surface area (Å²) >= 11 is 1.62. The molecule has 2 aliphatic carbocycles. The van der Waals surface area contributed by atoms with Crippen molar-refractivity contribution in [1.29, 1.82) is 0 Å². The predicted molar refractivity (Wildman–Crippen MR) is 84.9 cm³/mol. The minimum Gasteiger partial charge on any atom is -0.352 e. The van der Waals surface area contributed by atoms with E-state index in [0.29, 0.717) is 6.42 Å². The quantitative estimate of drug-likeness (QED) is 0.823. The molecule has 1 aliphatic heterocycles. The molecule has 0 radical (unpaired) electrons. The number of urea groups is 1. The van der Waals surface area contributed by atoms with Gasteiger partial charge in [-0.3, -0.25) is 9.59 Å². The minimum absolute atomic E-state index is 0.206. The van der Waals surface area contributed by atoms with Gasteiger partial charge >= 0.3 is 6.03 Å². The van der Waals surface area contributed by atoms with Crippen molar-refractivity contribution in [3.8, 4) is 0 Å². The van der Waals surface area contributed by atoms with E-state index < -0.39 is 17.6 Å². The number of amides is 4. The first-order valence-electron chi connectivity index (χ1n) is 8.06. The van der Waals surface area contributed by atoms with E-state index in [2.05, 4.69) is 10.6 Å². The number of thiophene rings is 1. The topological polar surface area (TPSA) is 78.5 Å². The van der Waals surface area contributed by atoms with E-state index in [0.717, 1.165) is 41.0 Å².